The largest absolute Gasteiger partial charge is 0.489 e. The maximum Gasteiger partial charge on any atom is 0.243 e. The van der Waals surface area contributed by atoms with E-state index in [0.29, 0.717) is 29.7 Å². The molecule has 7 heteroatoms. The molecule has 0 N–H and O–H groups in total. The number of hydrogen-bond donors (Lipinski definition) is 0. The summed E-state index contributed by atoms with van der Waals surface area (Å²) >= 11 is 6.21. The van der Waals surface area contributed by atoms with Crippen molar-refractivity contribution in [3.05, 3.63) is 22.7 Å². The lowest BCUT2D eigenvalue weighted by atomic mass is 10.1. The second kappa shape index (κ2) is 6.31. The first-order chi connectivity index (χ1) is 10.9. The van der Waals surface area contributed by atoms with E-state index in [0.717, 1.165) is 18.4 Å². The Hall–Kier alpha value is -1.29. The molecule has 2 aliphatic rings. The van der Waals surface area contributed by atoms with Gasteiger partial charge in [-0.1, -0.05) is 11.6 Å². The summed E-state index contributed by atoms with van der Waals surface area (Å²) in [5, 5.41) is 9.12. The van der Waals surface area contributed by atoms with E-state index in [1.54, 1.807) is 6.07 Å². The number of rotatable bonds is 6. The normalized spacial score (nSPS) is 20.2. The fourth-order valence-electron chi connectivity index (χ4n) is 2.83. The van der Waals surface area contributed by atoms with Crippen molar-refractivity contribution in [1.29, 1.82) is 5.26 Å². The van der Waals surface area contributed by atoms with Crippen LogP contribution in [0.5, 0.6) is 5.75 Å². The van der Waals surface area contributed by atoms with Crippen LogP contribution in [0.2, 0.25) is 5.02 Å². The van der Waals surface area contributed by atoms with Crippen molar-refractivity contribution in [2.24, 2.45) is 5.92 Å². The smallest absolute Gasteiger partial charge is 0.243 e. The molecule has 5 nitrogen and oxygen atoms in total. The van der Waals surface area contributed by atoms with E-state index in [4.69, 9.17) is 21.6 Å². The summed E-state index contributed by atoms with van der Waals surface area (Å²) in [6.07, 6.45) is 2.94. The number of benzene rings is 1. The lowest BCUT2D eigenvalue weighted by molar-refractivity contribution is 0.255. The molecule has 1 heterocycles. The van der Waals surface area contributed by atoms with Gasteiger partial charge in [0.05, 0.1) is 16.0 Å². The number of ether oxygens (including phenoxy) is 1. The van der Waals surface area contributed by atoms with Gasteiger partial charge in [-0.2, -0.15) is 9.57 Å². The number of nitriles is 1. The number of hydrogen-bond acceptors (Lipinski definition) is 4. The third-order valence-electron chi connectivity index (χ3n) is 4.19. The highest BCUT2D eigenvalue weighted by Gasteiger charge is 2.33. The summed E-state index contributed by atoms with van der Waals surface area (Å²) in [5.41, 5.74) is 0.829. The summed E-state index contributed by atoms with van der Waals surface area (Å²) < 4.78 is 32.9. The Kier molecular flexibility index (Phi) is 4.54. The topological polar surface area (TPSA) is 70.4 Å². The highest BCUT2D eigenvalue weighted by Crippen LogP contribution is 2.39. The fraction of sp³-hybridized carbons (Fsp3) is 0.562. The molecule has 1 aliphatic carbocycles. The highest BCUT2D eigenvalue weighted by atomic mass is 35.5. The first kappa shape index (κ1) is 16.6. The van der Waals surface area contributed by atoms with Crippen molar-refractivity contribution in [2.75, 3.05) is 13.1 Å². The molecule has 0 spiro atoms. The molecule has 1 saturated carbocycles. The van der Waals surface area contributed by atoms with Gasteiger partial charge in [-0.25, -0.2) is 8.42 Å². The summed E-state index contributed by atoms with van der Waals surface area (Å²) in [5.74, 6) is 1.00. The summed E-state index contributed by atoms with van der Waals surface area (Å²) in [6, 6.07) is 5.14. The molecule has 1 aromatic rings. The summed E-state index contributed by atoms with van der Waals surface area (Å²) in [7, 11) is -3.65. The Labute approximate surface area is 141 Å². The molecular weight excluding hydrogens is 336 g/mol. The third-order valence-corrected chi connectivity index (χ3v) is 6.31. The zero-order valence-corrected chi connectivity index (χ0v) is 14.5. The van der Waals surface area contributed by atoms with Crippen LogP contribution in [0.1, 0.15) is 31.7 Å². The second-order valence-corrected chi connectivity index (χ2v) is 8.59. The van der Waals surface area contributed by atoms with E-state index in [-0.39, 0.29) is 24.0 Å². The number of sulfonamides is 1. The lowest BCUT2D eigenvalue weighted by Crippen LogP contribution is -2.33. The Bertz CT molecular complexity index is 753. The molecule has 0 amide bonds. The minimum Gasteiger partial charge on any atom is -0.489 e. The predicted octanol–water partition coefficient (Wildman–Crippen LogP) is 2.98. The Balaban J connectivity index is 1.93. The zero-order valence-electron chi connectivity index (χ0n) is 13.0. The lowest BCUT2D eigenvalue weighted by Gasteiger charge is -2.21. The van der Waals surface area contributed by atoms with Crippen LogP contribution in [0.15, 0.2) is 17.0 Å². The third kappa shape index (κ3) is 3.47. The maximum absolute atomic E-state index is 13.0. The fourth-order valence-corrected chi connectivity index (χ4v) is 4.77. The average Bonchev–Trinajstić information content (AvgIpc) is 3.23. The predicted molar refractivity (Wildman–Crippen MR) is 87.0 cm³/mol. The van der Waals surface area contributed by atoms with E-state index in [1.807, 2.05) is 13.0 Å². The number of nitrogens with zero attached hydrogens (tertiary/aromatic N) is 2. The van der Waals surface area contributed by atoms with E-state index in [9.17, 15) is 8.42 Å². The minimum atomic E-state index is -3.65. The van der Waals surface area contributed by atoms with Gasteiger partial charge in [0.25, 0.3) is 0 Å². The van der Waals surface area contributed by atoms with Gasteiger partial charge in [-0.05, 0) is 37.8 Å². The van der Waals surface area contributed by atoms with Gasteiger partial charge in [-0.3, -0.25) is 0 Å². The van der Waals surface area contributed by atoms with Crippen molar-refractivity contribution in [3.63, 3.8) is 0 Å². The van der Waals surface area contributed by atoms with Crippen molar-refractivity contribution < 1.29 is 13.2 Å². The molecule has 1 aliphatic heterocycles. The molecule has 0 aromatic heterocycles. The minimum absolute atomic E-state index is 0.00149. The van der Waals surface area contributed by atoms with Gasteiger partial charge in [0, 0.05) is 31.5 Å². The molecule has 1 fully saturated rings. The Morgan fingerprint density at radius 2 is 2.17 bits per heavy atom. The first-order valence-corrected chi connectivity index (χ1v) is 9.60. The van der Waals surface area contributed by atoms with Gasteiger partial charge in [0.1, 0.15) is 11.9 Å². The van der Waals surface area contributed by atoms with Crippen LogP contribution in [0.4, 0.5) is 0 Å². The zero-order chi connectivity index (χ0) is 16.6. The van der Waals surface area contributed by atoms with E-state index in [2.05, 4.69) is 0 Å². The molecule has 0 saturated heterocycles. The standard InChI is InChI=1S/C16H19ClN2O3S/c1-11-7-13-8-14(9-15(17)16(13)22-11)23(20,21)19(6-2-5-18)10-12-3-4-12/h8-9,11-12H,2-4,6-7,10H2,1H3/t11-/m0/s1. The van der Waals surface area contributed by atoms with Gasteiger partial charge in [0.2, 0.25) is 10.0 Å². The first-order valence-electron chi connectivity index (χ1n) is 7.78. The van der Waals surface area contributed by atoms with Crippen LogP contribution in [-0.4, -0.2) is 31.9 Å². The van der Waals surface area contributed by atoms with Crippen LogP contribution in [0.25, 0.3) is 0 Å². The molecule has 1 aromatic carbocycles. The van der Waals surface area contributed by atoms with Gasteiger partial charge >= 0.3 is 0 Å². The van der Waals surface area contributed by atoms with Gasteiger partial charge < -0.3 is 4.74 Å². The van der Waals surface area contributed by atoms with Crippen molar-refractivity contribution in [2.45, 2.75) is 43.6 Å². The molecule has 124 valence electrons. The molecule has 23 heavy (non-hydrogen) atoms. The Morgan fingerprint density at radius 3 is 2.83 bits per heavy atom. The second-order valence-electron chi connectivity index (χ2n) is 6.24. The SMILES string of the molecule is C[C@H]1Cc2cc(S(=O)(=O)N(CCC#N)CC3CC3)cc(Cl)c2O1. The van der Waals surface area contributed by atoms with Crippen molar-refractivity contribution >= 4 is 21.6 Å². The van der Waals surface area contributed by atoms with Crippen molar-refractivity contribution in [3.8, 4) is 11.8 Å². The van der Waals surface area contributed by atoms with E-state index >= 15 is 0 Å². The van der Waals surface area contributed by atoms with Crippen LogP contribution in [0, 0.1) is 17.2 Å². The molecule has 1 atom stereocenters. The maximum atomic E-state index is 13.0. The van der Waals surface area contributed by atoms with Gasteiger partial charge in [-0.15, -0.1) is 0 Å². The highest BCUT2D eigenvalue weighted by molar-refractivity contribution is 7.89. The van der Waals surface area contributed by atoms with Crippen LogP contribution in [-0.2, 0) is 16.4 Å². The summed E-state index contributed by atoms with van der Waals surface area (Å²) in [6.45, 7) is 2.62. The number of halogens is 1. The van der Waals surface area contributed by atoms with Crippen LogP contribution >= 0.6 is 11.6 Å². The number of fused-ring (bicyclic) bond motifs is 1. The monoisotopic (exact) mass is 354 g/mol. The van der Waals surface area contributed by atoms with E-state index in [1.165, 1.54) is 10.4 Å². The molecule has 0 bridgehead atoms. The summed E-state index contributed by atoms with van der Waals surface area (Å²) in [4.78, 5) is 0.192. The quantitative estimate of drug-likeness (QED) is 0.787. The van der Waals surface area contributed by atoms with Gasteiger partial charge in [0.15, 0.2) is 0 Å². The Morgan fingerprint density at radius 1 is 1.43 bits per heavy atom. The van der Waals surface area contributed by atoms with E-state index < -0.39 is 10.0 Å². The van der Waals surface area contributed by atoms with Crippen LogP contribution in [0.3, 0.4) is 0 Å². The molecule has 3 rings (SSSR count). The molecule has 0 radical (unpaired) electrons. The van der Waals surface area contributed by atoms with Crippen LogP contribution < -0.4 is 4.74 Å². The average molecular weight is 355 g/mol. The van der Waals surface area contributed by atoms with Crippen molar-refractivity contribution in [1.82, 2.24) is 4.31 Å². The molecule has 0 unspecified atom stereocenters. The molecular formula is C16H19ClN2O3S.